The summed E-state index contributed by atoms with van der Waals surface area (Å²) in [5.74, 6) is -0.861. The summed E-state index contributed by atoms with van der Waals surface area (Å²) in [6, 6.07) is 13.1. The van der Waals surface area contributed by atoms with Gasteiger partial charge in [0.1, 0.15) is 5.82 Å². The number of hydrogen-bond donors (Lipinski definition) is 2. The fourth-order valence-electron chi connectivity index (χ4n) is 1.82. The molecule has 4 heteroatoms. The van der Waals surface area contributed by atoms with E-state index in [2.05, 4.69) is 5.32 Å². The van der Waals surface area contributed by atoms with Gasteiger partial charge in [0.25, 0.3) is 5.91 Å². The summed E-state index contributed by atoms with van der Waals surface area (Å²) in [7, 11) is 0. The lowest BCUT2D eigenvalue weighted by atomic mass is 10.1. The Kier molecular flexibility index (Phi) is 3.80. The molecule has 0 radical (unpaired) electrons. The minimum absolute atomic E-state index is 0.155. The van der Waals surface area contributed by atoms with Crippen LogP contribution in [0.5, 0.6) is 0 Å². The number of nitrogens with one attached hydrogen (secondary N) is 1. The van der Waals surface area contributed by atoms with Gasteiger partial charge in [-0.1, -0.05) is 30.3 Å². The second-order valence-electron chi connectivity index (χ2n) is 4.34. The minimum Gasteiger partial charge on any atom is -0.398 e. The Labute approximate surface area is 111 Å². The van der Waals surface area contributed by atoms with E-state index in [1.165, 1.54) is 12.1 Å². The van der Waals surface area contributed by atoms with Gasteiger partial charge >= 0.3 is 0 Å². The van der Waals surface area contributed by atoms with Crippen LogP contribution in [0.15, 0.2) is 48.5 Å². The summed E-state index contributed by atoms with van der Waals surface area (Å²) in [5.41, 5.74) is 7.07. The first-order valence-corrected chi connectivity index (χ1v) is 5.99. The van der Waals surface area contributed by atoms with Crippen LogP contribution in [0.2, 0.25) is 0 Å². The molecule has 0 saturated heterocycles. The van der Waals surface area contributed by atoms with Crippen molar-refractivity contribution in [3.63, 3.8) is 0 Å². The van der Waals surface area contributed by atoms with Crippen LogP contribution in [0, 0.1) is 5.82 Å². The quantitative estimate of drug-likeness (QED) is 0.832. The molecule has 0 aliphatic rings. The van der Waals surface area contributed by atoms with Gasteiger partial charge in [0.2, 0.25) is 0 Å². The van der Waals surface area contributed by atoms with Gasteiger partial charge in [0, 0.05) is 5.69 Å². The van der Waals surface area contributed by atoms with E-state index in [-0.39, 0.29) is 23.2 Å². The normalized spacial score (nSPS) is 11.9. The highest BCUT2D eigenvalue weighted by atomic mass is 19.1. The maximum atomic E-state index is 13.1. The number of carbonyl (C=O) groups excluding carboxylic acids is 1. The van der Waals surface area contributed by atoms with Crippen LogP contribution in [0.1, 0.15) is 28.9 Å². The van der Waals surface area contributed by atoms with Crippen molar-refractivity contribution in [1.29, 1.82) is 0 Å². The zero-order chi connectivity index (χ0) is 13.8. The van der Waals surface area contributed by atoms with Crippen molar-refractivity contribution in [2.45, 2.75) is 13.0 Å². The topological polar surface area (TPSA) is 55.1 Å². The minimum atomic E-state index is -0.480. The highest BCUT2D eigenvalue weighted by Gasteiger charge is 2.14. The van der Waals surface area contributed by atoms with E-state index in [9.17, 15) is 9.18 Å². The van der Waals surface area contributed by atoms with E-state index in [0.717, 1.165) is 11.6 Å². The molecular weight excluding hydrogens is 243 g/mol. The van der Waals surface area contributed by atoms with Crippen LogP contribution in [-0.4, -0.2) is 5.91 Å². The molecule has 0 aromatic heterocycles. The smallest absolute Gasteiger partial charge is 0.253 e. The Morgan fingerprint density at radius 3 is 2.58 bits per heavy atom. The molecule has 2 aromatic carbocycles. The molecular formula is C15H15FN2O. The molecule has 0 unspecified atom stereocenters. The summed E-state index contributed by atoms with van der Waals surface area (Å²) in [6.07, 6.45) is 0. The van der Waals surface area contributed by atoms with Crippen molar-refractivity contribution >= 4 is 11.6 Å². The molecule has 0 heterocycles. The van der Waals surface area contributed by atoms with Crippen LogP contribution in [0.4, 0.5) is 10.1 Å². The van der Waals surface area contributed by atoms with Crippen LogP contribution in [-0.2, 0) is 0 Å². The molecule has 0 aliphatic heterocycles. The summed E-state index contributed by atoms with van der Waals surface area (Å²) in [6.45, 7) is 1.86. The molecule has 0 aliphatic carbocycles. The molecule has 2 rings (SSSR count). The predicted octanol–water partition coefficient (Wildman–Crippen LogP) is 2.90. The maximum absolute atomic E-state index is 13.1. The number of nitrogens with two attached hydrogens (primary N) is 1. The van der Waals surface area contributed by atoms with Crippen molar-refractivity contribution in [2.24, 2.45) is 0 Å². The van der Waals surface area contributed by atoms with Gasteiger partial charge < -0.3 is 11.1 Å². The summed E-state index contributed by atoms with van der Waals surface area (Å²) in [5, 5.41) is 2.79. The predicted molar refractivity (Wildman–Crippen MR) is 73.1 cm³/mol. The first-order chi connectivity index (χ1) is 9.08. The lowest BCUT2D eigenvalue weighted by Gasteiger charge is -2.15. The molecule has 98 valence electrons. The van der Waals surface area contributed by atoms with Gasteiger partial charge in [-0.05, 0) is 30.7 Å². The van der Waals surface area contributed by atoms with Gasteiger partial charge in [-0.15, -0.1) is 0 Å². The Morgan fingerprint density at radius 2 is 1.89 bits per heavy atom. The average Bonchev–Trinajstić information content (AvgIpc) is 2.42. The number of rotatable bonds is 3. The molecule has 1 amide bonds. The molecule has 0 bridgehead atoms. The Balaban J connectivity index is 2.15. The number of nitrogen functional groups attached to an aromatic ring is 1. The second-order valence-corrected chi connectivity index (χ2v) is 4.34. The number of hydrogen-bond acceptors (Lipinski definition) is 2. The largest absolute Gasteiger partial charge is 0.398 e. The first-order valence-electron chi connectivity index (χ1n) is 5.99. The third-order valence-corrected chi connectivity index (χ3v) is 2.91. The highest BCUT2D eigenvalue weighted by molar-refractivity contribution is 5.99. The van der Waals surface area contributed by atoms with E-state index in [1.807, 2.05) is 37.3 Å². The molecule has 3 N–H and O–H groups in total. The van der Waals surface area contributed by atoms with Crippen molar-refractivity contribution in [1.82, 2.24) is 5.32 Å². The summed E-state index contributed by atoms with van der Waals surface area (Å²) < 4.78 is 13.1. The van der Waals surface area contributed by atoms with Crippen LogP contribution in [0.3, 0.4) is 0 Å². The Hall–Kier alpha value is -2.36. The van der Waals surface area contributed by atoms with E-state index in [4.69, 9.17) is 5.73 Å². The fourth-order valence-corrected chi connectivity index (χ4v) is 1.82. The number of carbonyl (C=O) groups is 1. The SMILES string of the molecule is C[C@@H](NC(=O)c1cc(F)ccc1N)c1ccccc1. The fraction of sp³-hybridized carbons (Fsp3) is 0.133. The van der Waals surface area contributed by atoms with Gasteiger partial charge in [-0.3, -0.25) is 4.79 Å². The van der Waals surface area contributed by atoms with E-state index in [1.54, 1.807) is 0 Å². The van der Waals surface area contributed by atoms with Crippen molar-refractivity contribution in [3.8, 4) is 0 Å². The zero-order valence-electron chi connectivity index (χ0n) is 10.6. The lowest BCUT2D eigenvalue weighted by molar-refractivity contribution is 0.0940. The van der Waals surface area contributed by atoms with Gasteiger partial charge in [0.05, 0.1) is 11.6 Å². The number of amides is 1. The maximum Gasteiger partial charge on any atom is 0.253 e. The molecule has 0 saturated carbocycles. The van der Waals surface area contributed by atoms with E-state index >= 15 is 0 Å². The van der Waals surface area contributed by atoms with Crippen molar-refractivity contribution < 1.29 is 9.18 Å². The molecule has 3 nitrogen and oxygen atoms in total. The van der Waals surface area contributed by atoms with Gasteiger partial charge in [-0.25, -0.2) is 4.39 Å². The summed E-state index contributed by atoms with van der Waals surface area (Å²) >= 11 is 0. The zero-order valence-corrected chi connectivity index (χ0v) is 10.6. The molecule has 0 fully saturated rings. The van der Waals surface area contributed by atoms with Crippen LogP contribution in [0.25, 0.3) is 0 Å². The Bertz CT molecular complexity index is 584. The lowest BCUT2D eigenvalue weighted by Crippen LogP contribution is -2.27. The average molecular weight is 258 g/mol. The van der Waals surface area contributed by atoms with Crippen LogP contribution >= 0.6 is 0 Å². The third-order valence-electron chi connectivity index (χ3n) is 2.91. The third kappa shape index (κ3) is 3.10. The molecule has 1 atom stereocenters. The van der Waals surface area contributed by atoms with Crippen molar-refractivity contribution in [3.05, 3.63) is 65.5 Å². The van der Waals surface area contributed by atoms with Gasteiger partial charge in [0.15, 0.2) is 0 Å². The first kappa shape index (κ1) is 13.1. The van der Waals surface area contributed by atoms with Crippen LogP contribution < -0.4 is 11.1 Å². The molecule has 2 aromatic rings. The number of benzene rings is 2. The molecule has 19 heavy (non-hydrogen) atoms. The summed E-state index contributed by atoms with van der Waals surface area (Å²) in [4.78, 5) is 12.0. The Morgan fingerprint density at radius 1 is 1.21 bits per heavy atom. The monoisotopic (exact) mass is 258 g/mol. The second kappa shape index (κ2) is 5.52. The van der Waals surface area contributed by atoms with Gasteiger partial charge in [-0.2, -0.15) is 0 Å². The van der Waals surface area contributed by atoms with E-state index < -0.39 is 5.82 Å². The van der Waals surface area contributed by atoms with Crippen molar-refractivity contribution in [2.75, 3.05) is 5.73 Å². The van der Waals surface area contributed by atoms with E-state index in [0.29, 0.717) is 0 Å². The highest BCUT2D eigenvalue weighted by Crippen LogP contribution is 2.16. The molecule has 0 spiro atoms. The standard InChI is InChI=1S/C15H15FN2O/c1-10(11-5-3-2-4-6-11)18-15(19)13-9-12(16)7-8-14(13)17/h2-10H,17H2,1H3,(H,18,19)/t10-/m1/s1. The number of halogens is 1. The number of anilines is 1.